The number of carbonyl (C=O) groups is 2. The summed E-state index contributed by atoms with van der Waals surface area (Å²) < 4.78 is 0. The molecule has 0 bridgehead atoms. The minimum atomic E-state index is -0.509. The normalized spacial score (nSPS) is 13.5. The Hall–Kier alpha value is -2.57. The fourth-order valence-electron chi connectivity index (χ4n) is 1.61. The highest BCUT2D eigenvalue weighted by Gasteiger charge is 2.35. The van der Waals surface area contributed by atoms with Crippen molar-refractivity contribution in [1.29, 1.82) is 0 Å². The van der Waals surface area contributed by atoms with Crippen LogP contribution in [0.25, 0.3) is 0 Å². The number of nitrogens with zero attached hydrogens (tertiary/aromatic N) is 4. The lowest BCUT2D eigenvalue weighted by atomic mass is 9.95. The molecule has 2 heterocycles. The molecule has 0 saturated carbocycles. The van der Waals surface area contributed by atoms with E-state index in [0.29, 0.717) is 0 Å². The van der Waals surface area contributed by atoms with Gasteiger partial charge in [0.25, 0.3) is 0 Å². The van der Waals surface area contributed by atoms with Crippen LogP contribution in [0.3, 0.4) is 0 Å². The number of hydrogen-bond donors (Lipinski definition) is 1. The molecule has 0 atom stereocenters. The second-order valence-electron chi connectivity index (χ2n) is 3.22. The van der Waals surface area contributed by atoms with Crippen molar-refractivity contribution in [2.45, 2.75) is 0 Å². The second-order valence-corrected chi connectivity index (χ2v) is 3.22. The Morgan fingerprint density at radius 3 is 2.50 bits per heavy atom. The minimum absolute atomic E-state index is 0.0421. The van der Waals surface area contributed by atoms with E-state index < -0.39 is 11.6 Å². The zero-order chi connectivity index (χ0) is 11.3. The van der Waals surface area contributed by atoms with E-state index in [2.05, 4.69) is 15.2 Å². The van der Waals surface area contributed by atoms with Crippen LogP contribution in [0.5, 0.6) is 0 Å². The third-order valence-corrected chi connectivity index (χ3v) is 2.30. The van der Waals surface area contributed by atoms with Gasteiger partial charge in [-0.3, -0.25) is 14.6 Å². The predicted molar refractivity (Wildman–Crippen MR) is 48.3 cm³/mol. The Kier molecular flexibility index (Phi) is 1.48. The van der Waals surface area contributed by atoms with Crippen LogP contribution < -0.4 is 0 Å². The Bertz CT molecular complexity index is 579. The van der Waals surface area contributed by atoms with Crippen molar-refractivity contribution < 1.29 is 14.8 Å². The lowest BCUT2D eigenvalue weighted by Crippen LogP contribution is -2.22. The summed E-state index contributed by atoms with van der Waals surface area (Å²) in [7, 11) is 0. The number of hydrogen-bond acceptors (Lipinski definition) is 6. The third kappa shape index (κ3) is 0.937. The van der Waals surface area contributed by atoms with Gasteiger partial charge in [-0.2, -0.15) is 0 Å². The first-order chi connectivity index (χ1) is 7.68. The molecular weight excluding hydrogens is 212 g/mol. The number of rotatable bonds is 0. The highest BCUT2D eigenvalue weighted by atomic mass is 16.5. The summed E-state index contributed by atoms with van der Waals surface area (Å²) in [4.78, 5) is 27.7. The van der Waals surface area contributed by atoms with Gasteiger partial charge in [0.05, 0.1) is 5.56 Å². The van der Waals surface area contributed by atoms with Crippen LogP contribution >= 0.6 is 0 Å². The van der Waals surface area contributed by atoms with Crippen molar-refractivity contribution >= 4 is 11.6 Å². The van der Waals surface area contributed by atoms with E-state index >= 15 is 0 Å². The van der Waals surface area contributed by atoms with Gasteiger partial charge in [-0.1, -0.05) is 0 Å². The first-order valence-electron chi connectivity index (χ1n) is 4.39. The molecule has 0 radical (unpaired) electrons. The predicted octanol–water partition coefficient (Wildman–Crippen LogP) is -0.314. The molecule has 1 aliphatic rings. The highest BCUT2D eigenvalue weighted by Crippen LogP contribution is 2.22. The molecule has 2 aromatic heterocycles. The minimum Gasteiger partial charge on any atom is -0.396 e. The first kappa shape index (κ1) is 8.72. The topological polar surface area (TPSA) is 98.0 Å². The number of carbonyl (C=O) groups excluding carboxylic acids is 2. The zero-order valence-corrected chi connectivity index (χ0v) is 7.78. The van der Waals surface area contributed by atoms with E-state index in [1.807, 2.05) is 0 Å². The van der Waals surface area contributed by atoms with Crippen LogP contribution in [-0.4, -0.2) is 36.9 Å². The zero-order valence-electron chi connectivity index (χ0n) is 7.78. The fraction of sp³-hybridized carbons (Fsp3) is 0. The summed E-state index contributed by atoms with van der Waals surface area (Å²) >= 11 is 0. The molecule has 3 rings (SSSR count). The SMILES string of the molecule is O=C1c2cccnc2C(=O)c2nn(O)nc21. The lowest BCUT2D eigenvalue weighted by molar-refractivity contribution is 0.0970. The van der Waals surface area contributed by atoms with Gasteiger partial charge in [0.1, 0.15) is 5.69 Å². The Morgan fingerprint density at radius 1 is 1.06 bits per heavy atom. The van der Waals surface area contributed by atoms with Gasteiger partial charge < -0.3 is 5.21 Å². The van der Waals surface area contributed by atoms with Gasteiger partial charge in [-0.25, -0.2) is 0 Å². The first-order valence-corrected chi connectivity index (χ1v) is 4.39. The molecular formula is C9H4N4O3. The second kappa shape index (κ2) is 2.72. The molecule has 78 valence electrons. The summed E-state index contributed by atoms with van der Waals surface area (Å²) in [6, 6.07) is 3.04. The molecule has 0 fully saturated rings. The van der Waals surface area contributed by atoms with Gasteiger partial charge in [0.2, 0.25) is 11.6 Å². The van der Waals surface area contributed by atoms with Crippen LogP contribution in [0.2, 0.25) is 0 Å². The highest BCUT2D eigenvalue weighted by molar-refractivity contribution is 6.25. The van der Waals surface area contributed by atoms with Crippen molar-refractivity contribution in [3.8, 4) is 0 Å². The summed E-state index contributed by atoms with van der Waals surface area (Å²) in [5, 5.41) is 15.9. The maximum Gasteiger partial charge on any atom is 0.234 e. The van der Waals surface area contributed by atoms with E-state index in [1.165, 1.54) is 12.3 Å². The Labute approximate surface area is 88.3 Å². The van der Waals surface area contributed by atoms with Crippen LogP contribution in [0, 0.1) is 0 Å². The maximum atomic E-state index is 11.8. The molecule has 0 unspecified atom stereocenters. The summed E-state index contributed by atoms with van der Waals surface area (Å²) in [5.41, 5.74) is -0.0901. The van der Waals surface area contributed by atoms with E-state index in [-0.39, 0.29) is 27.6 Å². The van der Waals surface area contributed by atoms with E-state index in [1.54, 1.807) is 6.07 Å². The van der Waals surface area contributed by atoms with Gasteiger partial charge >= 0.3 is 0 Å². The molecule has 0 spiro atoms. The molecule has 1 N–H and O–H groups in total. The van der Waals surface area contributed by atoms with Gasteiger partial charge in [-0.15, -0.1) is 10.2 Å². The van der Waals surface area contributed by atoms with Crippen LogP contribution in [-0.2, 0) is 0 Å². The van der Waals surface area contributed by atoms with E-state index in [4.69, 9.17) is 5.21 Å². The summed E-state index contributed by atoms with van der Waals surface area (Å²) in [6.07, 6.45) is 1.42. The molecule has 0 amide bonds. The molecule has 7 nitrogen and oxygen atoms in total. The van der Waals surface area contributed by atoms with Crippen LogP contribution in [0.4, 0.5) is 0 Å². The van der Waals surface area contributed by atoms with Gasteiger partial charge in [-0.05, 0) is 17.1 Å². The smallest absolute Gasteiger partial charge is 0.234 e. The standard InChI is InChI=1S/C9H4N4O3/c14-8-4-2-1-3-10-5(4)9(15)7-6(8)11-13(16)12-7/h1-3,16H. The molecule has 2 aromatic rings. The van der Waals surface area contributed by atoms with E-state index in [9.17, 15) is 9.59 Å². The maximum absolute atomic E-state index is 11.8. The van der Waals surface area contributed by atoms with Crippen molar-refractivity contribution in [2.24, 2.45) is 0 Å². The van der Waals surface area contributed by atoms with Crippen LogP contribution in [0.1, 0.15) is 32.2 Å². The van der Waals surface area contributed by atoms with Crippen LogP contribution in [0.15, 0.2) is 18.3 Å². The Balaban J connectivity index is 2.34. The quantitative estimate of drug-likeness (QED) is 0.517. The number of aromatic nitrogens is 4. The Morgan fingerprint density at radius 2 is 1.75 bits per heavy atom. The van der Waals surface area contributed by atoms with Crippen molar-refractivity contribution in [2.75, 3.05) is 0 Å². The average molecular weight is 216 g/mol. The monoisotopic (exact) mass is 216 g/mol. The molecule has 16 heavy (non-hydrogen) atoms. The van der Waals surface area contributed by atoms with Crippen molar-refractivity contribution in [1.82, 2.24) is 20.1 Å². The van der Waals surface area contributed by atoms with Gasteiger partial charge in [0.15, 0.2) is 11.4 Å². The third-order valence-electron chi connectivity index (χ3n) is 2.30. The molecule has 7 heteroatoms. The van der Waals surface area contributed by atoms with Crippen molar-refractivity contribution in [3.63, 3.8) is 0 Å². The van der Waals surface area contributed by atoms with Gasteiger partial charge in [0, 0.05) is 6.20 Å². The molecule has 0 saturated heterocycles. The largest absolute Gasteiger partial charge is 0.396 e. The number of pyridine rings is 1. The number of fused-ring (bicyclic) bond motifs is 2. The number of ketones is 2. The average Bonchev–Trinajstić information content (AvgIpc) is 2.68. The van der Waals surface area contributed by atoms with Crippen molar-refractivity contribution in [3.05, 3.63) is 41.0 Å². The molecule has 0 aromatic carbocycles. The lowest BCUT2D eigenvalue weighted by Gasteiger charge is -2.09. The molecule has 0 aliphatic heterocycles. The summed E-state index contributed by atoms with van der Waals surface area (Å²) in [5.74, 6) is -0.969. The summed E-state index contributed by atoms with van der Waals surface area (Å²) in [6.45, 7) is 0. The van der Waals surface area contributed by atoms with E-state index in [0.717, 1.165) is 0 Å². The fourth-order valence-corrected chi connectivity index (χ4v) is 1.61. The molecule has 1 aliphatic carbocycles.